The molecular weight excluding hydrogens is 390 g/mol. The topological polar surface area (TPSA) is 73.7 Å². The molecular formula is C22H22ClN3O3. The van der Waals surface area contributed by atoms with Crippen LogP contribution < -0.4 is 4.90 Å². The number of carboxylic acids is 1. The minimum Gasteiger partial charge on any atom is -0.478 e. The summed E-state index contributed by atoms with van der Waals surface area (Å²) in [6.45, 7) is 3.74. The average molecular weight is 412 g/mol. The Labute approximate surface area is 174 Å². The van der Waals surface area contributed by atoms with Gasteiger partial charge in [0.1, 0.15) is 0 Å². The van der Waals surface area contributed by atoms with Gasteiger partial charge in [0.15, 0.2) is 5.78 Å². The Morgan fingerprint density at radius 1 is 1.07 bits per heavy atom. The molecule has 0 bridgehead atoms. The highest BCUT2D eigenvalue weighted by Crippen LogP contribution is 2.24. The van der Waals surface area contributed by atoms with Gasteiger partial charge in [-0.3, -0.25) is 9.78 Å². The third-order valence-electron chi connectivity index (χ3n) is 4.67. The first-order valence-electron chi connectivity index (χ1n) is 9.24. The SMILES string of the molecule is CN1CCN(c2cc(Cl)cc(C(=O)/C=C/c3ccc(/C=C/C(=O)O)nc3)c2)CC1. The van der Waals surface area contributed by atoms with E-state index in [1.54, 1.807) is 30.5 Å². The first-order chi connectivity index (χ1) is 13.9. The van der Waals surface area contributed by atoms with Crippen LogP contribution in [0.25, 0.3) is 12.2 Å². The normalized spacial score (nSPS) is 15.3. The standard InChI is InChI=1S/C22H22ClN3O3/c1-25-8-10-26(11-9-25)20-13-17(12-18(23)14-20)21(27)6-3-16-2-4-19(24-15-16)5-7-22(28)29/h2-7,12-15H,8-11H2,1H3,(H,28,29)/b6-3+,7-5+. The number of rotatable bonds is 6. The lowest BCUT2D eigenvalue weighted by atomic mass is 10.1. The summed E-state index contributed by atoms with van der Waals surface area (Å²) in [5.74, 6) is -1.17. The van der Waals surface area contributed by atoms with E-state index in [0.717, 1.165) is 43.5 Å². The van der Waals surface area contributed by atoms with E-state index in [2.05, 4.69) is 21.8 Å². The predicted molar refractivity (Wildman–Crippen MR) is 115 cm³/mol. The van der Waals surface area contributed by atoms with E-state index in [-0.39, 0.29) is 5.78 Å². The van der Waals surface area contributed by atoms with Gasteiger partial charge in [-0.2, -0.15) is 0 Å². The van der Waals surface area contributed by atoms with Gasteiger partial charge in [0.05, 0.1) is 5.69 Å². The van der Waals surface area contributed by atoms with Crippen molar-refractivity contribution in [2.24, 2.45) is 0 Å². The first-order valence-corrected chi connectivity index (χ1v) is 9.62. The van der Waals surface area contributed by atoms with Crippen LogP contribution in [0, 0.1) is 0 Å². The molecule has 150 valence electrons. The van der Waals surface area contributed by atoms with Gasteiger partial charge in [0.25, 0.3) is 0 Å². The van der Waals surface area contributed by atoms with Crippen molar-refractivity contribution in [1.29, 1.82) is 0 Å². The molecule has 1 aromatic heterocycles. The molecule has 2 aromatic rings. The van der Waals surface area contributed by atoms with Gasteiger partial charge in [-0.05, 0) is 55.1 Å². The molecule has 3 rings (SSSR count). The fourth-order valence-electron chi connectivity index (χ4n) is 3.00. The van der Waals surface area contributed by atoms with Crippen molar-refractivity contribution in [3.63, 3.8) is 0 Å². The molecule has 1 aromatic carbocycles. The van der Waals surface area contributed by atoms with Crippen LogP contribution in [0.5, 0.6) is 0 Å². The second-order valence-electron chi connectivity index (χ2n) is 6.87. The number of carbonyl (C=O) groups excluding carboxylic acids is 1. The average Bonchev–Trinajstić information content (AvgIpc) is 2.71. The number of likely N-dealkylation sites (N-methyl/N-ethyl adjacent to an activating group) is 1. The van der Waals surface area contributed by atoms with Gasteiger partial charge in [-0.25, -0.2) is 4.79 Å². The number of piperazine rings is 1. The van der Waals surface area contributed by atoms with E-state index < -0.39 is 5.97 Å². The molecule has 0 spiro atoms. The van der Waals surface area contributed by atoms with Gasteiger partial charge < -0.3 is 14.9 Å². The van der Waals surface area contributed by atoms with Crippen LogP contribution >= 0.6 is 11.6 Å². The lowest BCUT2D eigenvalue weighted by Gasteiger charge is -2.34. The number of hydrogen-bond donors (Lipinski definition) is 1. The van der Waals surface area contributed by atoms with E-state index in [4.69, 9.17) is 16.7 Å². The number of ketones is 1. The van der Waals surface area contributed by atoms with Gasteiger partial charge in [0.2, 0.25) is 0 Å². The number of carboxylic acid groups (broad SMARTS) is 1. The third kappa shape index (κ3) is 6.01. The van der Waals surface area contributed by atoms with E-state index in [1.165, 1.54) is 12.2 Å². The van der Waals surface area contributed by atoms with Gasteiger partial charge in [-0.15, -0.1) is 0 Å². The molecule has 0 aliphatic carbocycles. The number of anilines is 1. The highest BCUT2D eigenvalue weighted by Gasteiger charge is 2.16. The smallest absolute Gasteiger partial charge is 0.328 e. The maximum Gasteiger partial charge on any atom is 0.328 e. The zero-order chi connectivity index (χ0) is 20.8. The zero-order valence-corrected chi connectivity index (χ0v) is 16.8. The van der Waals surface area contributed by atoms with Crippen LogP contribution in [0.3, 0.4) is 0 Å². The Hall–Kier alpha value is -2.96. The van der Waals surface area contributed by atoms with Crippen molar-refractivity contribution in [2.45, 2.75) is 0 Å². The number of aromatic nitrogens is 1. The molecule has 6 nitrogen and oxygen atoms in total. The van der Waals surface area contributed by atoms with Crippen LogP contribution in [0.4, 0.5) is 5.69 Å². The summed E-state index contributed by atoms with van der Waals surface area (Å²) in [6, 6.07) is 8.90. The van der Waals surface area contributed by atoms with E-state index >= 15 is 0 Å². The Bertz CT molecular complexity index is 946. The quantitative estimate of drug-likeness (QED) is 0.579. The Balaban J connectivity index is 1.71. The summed E-state index contributed by atoms with van der Waals surface area (Å²) in [7, 11) is 2.10. The molecule has 7 heteroatoms. The lowest BCUT2D eigenvalue weighted by Crippen LogP contribution is -2.44. The van der Waals surface area contributed by atoms with Gasteiger partial charge in [-0.1, -0.05) is 17.7 Å². The predicted octanol–water partition coefficient (Wildman–Crippen LogP) is 3.48. The number of carbonyl (C=O) groups is 2. The summed E-state index contributed by atoms with van der Waals surface area (Å²) in [4.78, 5) is 31.8. The Morgan fingerprint density at radius 2 is 1.83 bits per heavy atom. The molecule has 0 unspecified atom stereocenters. The maximum absolute atomic E-state index is 12.6. The zero-order valence-electron chi connectivity index (χ0n) is 16.1. The molecule has 1 fully saturated rings. The van der Waals surface area contributed by atoms with E-state index in [9.17, 15) is 9.59 Å². The molecule has 0 amide bonds. The fraction of sp³-hybridized carbons (Fsp3) is 0.227. The molecule has 0 atom stereocenters. The Morgan fingerprint density at radius 3 is 2.48 bits per heavy atom. The summed E-state index contributed by atoms with van der Waals surface area (Å²) in [5, 5.41) is 9.18. The summed E-state index contributed by atoms with van der Waals surface area (Å²) < 4.78 is 0. The van der Waals surface area contributed by atoms with Crippen molar-refractivity contribution in [3.8, 4) is 0 Å². The van der Waals surface area contributed by atoms with E-state index in [0.29, 0.717) is 16.3 Å². The number of pyridine rings is 1. The number of halogens is 1. The van der Waals surface area contributed by atoms with E-state index in [1.807, 2.05) is 12.1 Å². The fourth-order valence-corrected chi connectivity index (χ4v) is 3.23. The van der Waals surface area contributed by atoms with Crippen LogP contribution in [0.2, 0.25) is 5.02 Å². The second kappa shape index (κ2) is 9.49. The molecule has 1 aliphatic rings. The lowest BCUT2D eigenvalue weighted by molar-refractivity contribution is -0.131. The van der Waals surface area contributed by atoms with Crippen LogP contribution in [-0.2, 0) is 4.79 Å². The second-order valence-corrected chi connectivity index (χ2v) is 7.31. The number of benzene rings is 1. The molecule has 0 radical (unpaired) electrons. The van der Waals surface area contributed by atoms with Gasteiger partial charge >= 0.3 is 5.97 Å². The van der Waals surface area contributed by atoms with Crippen molar-refractivity contribution >= 4 is 41.2 Å². The minimum atomic E-state index is -1.03. The van der Waals surface area contributed by atoms with Crippen LogP contribution in [0.15, 0.2) is 48.7 Å². The van der Waals surface area contributed by atoms with Crippen LogP contribution in [-0.4, -0.2) is 60.0 Å². The molecule has 1 N–H and O–H groups in total. The molecule has 0 saturated carbocycles. The van der Waals surface area contributed by atoms with Crippen molar-refractivity contribution in [1.82, 2.24) is 9.88 Å². The number of aliphatic carboxylic acids is 1. The van der Waals surface area contributed by atoms with Crippen molar-refractivity contribution < 1.29 is 14.7 Å². The highest BCUT2D eigenvalue weighted by molar-refractivity contribution is 6.31. The largest absolute Gasteiger partial charge is 0.478 e. The molecule has 1 aliphatic heterocycles. The summed E-state index contributed by atoms with van der Waals surface area (Å²) >= 11 is 6.26. The molecule has 2 heterocycles. The van der Waals surface area contributed by atoms with Gasteiger partial charge in [0, 0.05) is 54.7 Å². The number of nitrogens with zero attached hydrogens (tertiary/aromatic N) is 3. The number of allylic oxidation sites excluding steroid dienone is 1. The number of hydrogen-bond acceptors (Lipinski definition) is 5. The first kappa shape index (κ1) is 20.8. The van der Waals surface area contributed by atoms with Crippen molar-refractivity contribution in [2.75, 3.05) is 38.1 Å². The third-order valence-corrected chi connectivity index (χ3v) is 4.89. The maximum atomic E-state index is 12.6. The minimum absolute atomic E-state index is 0.141. The summed E-state index contributed by atoms with van der Waals surface area (Å²) in [6.07, 6.45) is 7.18. The Kier molecular flexibility index (Phi) is 6.80. The molecule has 29 heavy (non-hydrogen) atoms. The monoisotopic (exact) mass is 411 g/mol. The molecule has 1 saturated heterocycles. The van der Waals surface area contributed by atoms with Crippen LogP contribution in [0.1, 0.15) is 21.6 Å². The summed E-state index contributed by atoms with van der Waals surface area (Å²) in [5.41, 5.74) is 2.77. The highest BCUT2D eigenvalue weighted by atomic mass is 35.5. The van der Waals surface area contributed by atoms with Crippen molar-refractivity contribution in [3.05, 3.63) is 70.5 Å².